The fraction of sp³-hybridized carbons (Fsp3) is 1.00. The van der Waals surface area contributed by atoms with Gasteiger partial charge in [-0.05, 0) is 32.5 Å². The molecule has 0 saturated carbocycles. The van der Waals surface area contributed by atoms with Crippen LogP contribution in [0.4, 0.5) is 0 Å². The average Bonchev–Trinajstić information content (AvgIpc) is 2.17. The van der Waals surface area contributed by atoms with E-state index in [4.69, 9.17) is 4.74 Å². The highest BCUT2D eigenvalue weighted by molar-refractivity contribution is 4.65. The van der Waals surface area contributed by atoms with Crippen molar-refractivity contribution in [3.05, 3.63) is 0 Å². The van der Waals surface area contributed by atoms with E-state index in [2.05, 4.69) is 24.1 Å². The Kier molecular flexibility index (Phi) is 9.92. The Morgan fingerprint density at radius 1 is 1.38 bits per heavy atom. The maximum atomic E-state index is 9.56. The Hall–Kier alpha value is -0.160. The molecule has 2 N–H and O–H groups in total. The van der Waals surface area contributed by atoms with Crippen LogP contribution in [0.25, 0.3) is 0 Å². The Morgan fingerprint density at radius 2 is 2.06 bits per heavy atom. The molecule has 0 aromatic rings. The highest BCUT2D eigenvalue weighted by Crippen LogP contribution is 1.98. The van der Waals surface area contributed by atoms with Crippen molar-refractivity contribution < 1.29 is 9.84 Å². The molecule has 0 aliphatic rings. The summed E-state index contributed by atoms with van der Waals surface area (Å²) in [6.45, 7) is 8.60. The van der Waals surface area contributed by atoms with E-state index in [9.17, 15) is 5.11 Å². The van der Waals surface area contributed by atoms with Crippen molar-refractivity contribution in [3.8, 4) is 0 Å². The van der Waals surface area contributed by atoms with Gasteiger partial charge in [0, 0.05) is 20.2 Å². The van der Waals surface area contributed by atoms with Crippen molar-refractivity contribution in [1.82, 2.24) is 10.2 Å². The normalized spacial score (nSPS) is 15.4. The summed E-state index contributed by atoms with van der Waals surface area (Å²) >= 11 is 0. The molecule has 0 radical (unpaired) electrons. The maximum absolute atomic E-state index is 9.56. The second-order valence-corrected chi connectivity index (χ2v) is 4.64. The molecular weight excluding hydrogens is 204 g/mol. The van der Waals surface area contributed by atoms with E-state index in [-0.39, 0.29) is 6.10 Å². The van der Waals surface area contributed by atoms with Gasteiger partial charge in [0.1, 0.15) is 0 Å². The van der Waals surface area contributed by atoms with Gasteiger partial charge in [0.25, 0.3) is 0 Å². The zero-order valence-electron chi connectivity index (χ0n) is 11.2. The topological polar surface area (TPSA) is 44.7 Å². The highest BCUT2D eigenvalue weighted by atomic mass is 16.5. The van der Waals surface area contributed by atoms with Gasteiger partial charge < -0.3 is 20.1 Å². The zero-order valence-corrected chi connectivity index (χ0v) is 11.2. The third kappa shape index (κ3) is 9.09. The summed E-state index contributed by atoms with van der Waals surface area (Å²) in [5.41, 5.74) is 0. The molecular formula is C12H28N2O2. The lowest BCUT2D eigenvalue weighted by molar-refractivity contribution is 0.0408. The van der Waals surface area contributed by atoms with Crippen LogP contribution in [-0.4, -0.2) is 63.1 Å². The van der Waals surface area contributed by atoms with Gasteiger partial charge in [0.15, 0.2) is 0 Å². The molecule has 0 aliphatic carbocycles. The fourth-order valence-corrected chi connectivity index (χ4v) is 1.80. The smallest absolute Gasteiger partial charge is 0.0899 e. The van der Waals surface area contributed by atoms with Crippen LogP contribution in [-0.2, 0) is 4.74 Å². The van der Waals surface area contributed by atoms with Crippen molar-refractivity contribution in [3.63, 3.8) is 0 Å². The van der Waals surface area contributed by atoms with E-state index in [1.54, 1.807) is 7.11 Å². The first-order valence-electron chi connectivity index (χ1n) is 6.16. The summed E-state index contributed by atoms with van der Waals surface area (Å²) < 4.78 is 4.90. The number of hydrogen-bond acceptors (Lipinski definition) is 4. The van der Waals surface area contributed by atoms with E-state index in [0.29, 0.717) is 19.1 Å². The largest absolute Gasteiger partial charge is 0.389 e. The van der Waals surface area contributed by atoms with Gasteiger partial charge in [-0.1, -0.05) is 13.8 Å². The minimum Gasteiger partial charge on any atom is -0.389 e. The Bertz CT molecular complexity index is 156. The molecule has 0 saturated heterocycles. The Morgan fingerprint density at radius 3 is 2.62 bits per heavy atom. The molecule has 0 aromatic carbocycles. The maximum Gasteiger partial charge on any atom is 0.0899 e. The molecule has 0 fully saturated rings. The number of likely N-dealkylation sites (N-methyl/N-ethyl adjacent to an activating group) is 1. The third-order valence-corrected chi connectivity index (χ3v) is 2.42. The van der Waals surface area contributed by atoms with Crippen molar-refractivity contribution in [1.29, 1.82) is 0 Å². The fourth-order valence-electron chi connectivity index (χ4n) is 1.80. The predicted molar refractivity (Wildman–Crippen MR) is 67.7 cm³/mol. The van der Waals surface area contributed by atoms with Crippen molar-refractivity contribution in [2.75, 3.05) is 46.9 Å². The number of rotatable bonds is 10. The molecule has 0 aliphatic heterocycles. The molecule has 0 aromatic heterocycles. The molecule has 2 atom stereocenters. The molecule has 0 heterocycles. The van der Waals surface area contributed by atoms with Crippen LogP contribution in [0.5, 0.6) is 0 Å². The quantitative estimate of drug-likeness (QED) is 0.540. The highest BCUT2D eigenvalue weighted by Gasteiger charge is 2.10. The van der Waals surface area contributed by atoms with Crippen molar-refractivity contribution in [2.45, 2.75) is 26.4 Å². The molecule has 4 nitrogen and oxygen atoms in total. The molecule has 98 valence electrons. The van der Waals surface area contributed by atoms with Crippen LogP contribution in [0.3, 0.4) is 0 Å². The monoisotopic (exact) mass is 232 g/mol. The molecule has 2 unspecified atom stereocenters. The van der Waals surface area contributed by atoms with Crippen LogP contribution in [0.1, 0.15) is 20.3 Å². The standard InChI is InChI=1S/C12H28N2O2/c1-5-6-13-7-11(2)8-14(3)9-12(15)10-16-4/h11-13,15H,5-10H2,1-4H3. The van der Waals surface area contributed by atoms with Crippen molar-refractivity contribution >= 4 is 0 Å². The second-order valence-electron chi connectivity index (χ2n) is 4.64. The first-order valence-corrected chi connectivity index (χ1v) is 6.16. The zero-order chi connectivity index (χ0) is 12.4. The van der Waals surface area contributed by atoms with Crippen LogP contribution < -0.4 is 5.32 Å². The van der Waals surface area contributed by atoms with Gasteiger partial charge in [0.05, 0.1) is 12.7 Å². The van der Waals surface area contributed by atoms with Crippen LogP contribution in [0.15, 0.2) is 0 Å². The van der Waals surface area contributed by atoms with Gasteiger partial charge >= 0.3 is 0 Å². The number of nitrogens with zero attached hydrogens (tertiary/aromatic N) is 1. The number of nitrogens with one attached hydrogen (secondary N) is 1. The predicted octanol–water partition coefficient (Wildman–Crippen LogP) is 0.561. The lowest BCUT2D eigenvalue weighted by Gasteiger charge is -2.23. The number of methoxy groups -OCH3 is 1. The summed E-state index contributed by atoms with van der Waals surface area (Å²) in [7, 11) is 3.65. The molecule has 16 heavy (non-hydrogen) atoms. The number of aliphatic hydroxyl groups excluding tert-OH is 1. The molecule has 0 amide bonds. The number of hydrogen-bond donors (Lipinski definition) is 2. The second kappa shape index (κ2) is 10.0. The number of ether oxygens (including phenoxy) is 1. The van der Waals surface area contributed by atoms with Gasteiger partial charge in [-0.25, -0.2) is 0 Å². The molecule has 0 spiro atoms. The van der Waals surface area contributed by atoms with Gasteiger partial charge in [0.2, 0.25) is 0 Å². The SMILES string of the molecule is CCCNCC(C)CN(C)CC(O)COC. The molecule has 0 rings (SSSR count). The van der Waals surface area contributed by atoms with Gasteiger partial charge in [-0.2, -0.15) is 0 Å². The number of aliphatic hydroxyl groups is 1. The lowest BCUT2D eigenvalue weighted by Crippen LogP contribution is -2.37. The van der Waals surface area contributed by atoms with Crippen LogP contribution in [0.2, 0.25) is 0 Å². The van der Waals surface area contributed by atoms with E-state index in [0.717, 1.165) is 19.6 Å². The summed E-state index contributed by atoms with van der Waals surface area (Å²) in [5, 5.41) is 13.0. The van der Waals surface area contributed by atoms with Gasteiger partial charge in [-0.15, -0.1) is 0 Å². The Labute approximate surface area is 100.0 Å². The summed E-state index contributed by atoms with van der Waals surface area (Å²) in [5.74, 6) is 0.603. The average molecular weight is 232 g/mol. The van der Waals surface area contributed by atoms with Crippen LogP contribution >= 0.6 is 0 Å². The van der Waals surface area contributed by atoms with E-state index in [1.165, 1.54) is 6.42 Å². The van der Waals surface area contributed by atoms with Crippen molar-refractivity contribution in [2.24, 2.45) is 5.92 Å². The third-order valence-electron chi connectivity index (χ3n) is 2.42. The van der Waals surface area contributed by atoms with E-state index in [1.807, 2.05) is 7.05 Å². The van der Waals surface area contributed by atoms with Gasteiger partial charge in [-0.3, -0.25) is 0 Å². The first-order chi connectivity index (χ1) is 7.60. The minimum atomic E-state index is -0.384. The summed E-state index contributed by atoms with van der Waals surface area (Å²) in [6, 6.07) is 0. The molecule has 4 heteroatoms. The minimum absolute atomic E-state index is 0.384. The van der Waals surface area contributed by atoms with E-state index < -0.39 is 0 Å². The first kappa shape index (κ1) is 15.8. The summed E-state index contributed by atoms with van der Waals surface area (Å²) in [6.07, 6.45) is 0.792. The van der Waals surface area contributed by atoms with Crippen LogP contribution in [0, 0.1) is 5.92 Å². The summed E-state index contributed by atoms with van der Waals surface area (Å²) in [4.78, 5) is 2.15. The Balaban J connectivity index is 3.56. The molecule has 0 bridgehead atoms. The lowest BCUT2D eigenvalue weighted by atomic mass is 10.1. The van der Waals surface area contributed by atoms with E-state index >= 15 is 0 Å².